The molecular weight excluding hydrogens is 581 g/mol. The minimum Gasteiger partial charge on any atom is -0.451 e. The number of fused-ring (bicyclic) bond motifs is 4. The van der Waals surface area contributed by atoms with Crippen molar-refractivity contribution < 1.29 is 13.9 Å². The molecule has 1 atom stereocenters. The summed E-state index contributed by atoms with van der Waals surface area (Å²) >= 11 is 0. The van der Waals surface area contributed by atoms with Gasteiger partial charge in [0.05, 0.1) is 11.1 Å². The molecular formula is C37H34FN5O3. The Balaban J connectivity index is 1.19. The summed E-state index contributed by atoms with van der Waals surface area (Å²) in [7, 11) is 2.10. The molecule has 232 valence electrons. The number of amides is 1. The monoisotopic (exact) mass is 615 g/mol. The smallest absolute Gasteiger partial charge is 0.256 e. The number of ether oxygens (including phenoxy) is 1. The van der Waals surface area contributed by atoms with Crippen LogP contribution < -0.4 is 20.8 Å². The fourth-order valence-corrected chi connectivity index (χ4v) is 7.08. The molecule has 2 aromatic heterocycles. The van der Waals surface area contributed by atoms with Crippen LogP contribution in [0.5, 0.6) is 11.5 Å². The largest absolute Gasteiger partial charge is 0.451 e. The molecule has 1 amide bonds. The quantitative estimate of drug-likeness (QED) is 0.176. The molecule has 0 bridgehead atoms. The molecule has 0 saturated carbocycles. The van der Waals surface area contributed by atoms with Crippen molar-refractivity contribution in [3.05, 3.63) is 106 Å². The van der Waals surface area contributed by atoms with Crippen LogP contribution in [0.4, 0.5) is 10.1 Å². The molecule has 6 aromatic rings. The average Bonchev–Trinajstić information content (AvgIpc) is 3.68. The molecule has 1 saturated heterocycles. The minimum absolute atomic E-state index is 0.0290. The third kappa shape index (κ3) is 4.79. The van der Waals surface area contributed by atoms with E-state index in [1.165, 1.54) is 6.07 Å². The topological polar surface area (TPSA) is 91.4 Å². The normalized spacial score (nSPS) is 15.7. The lowest BCUT2D eigenvalue weighted by Crippen LogP contribution is -2.34. The van der Waals surface area contributed by atoms with Crippen LogP contribution in [0.3, 0.4) is 0 Å². The number of pyridine rings is 1. The number of para-hydroxylation sites is 1. The van der Waals surface area contributed by atoms with Crippen molar-refractivity contribution in [2.45, 2.75) is 31.7 Å². The maximum Gasteiger partial charge on any atom is 0.256 e. The average molecular weight is 616 g/mol. The molecule has 2 aliphatic rings. The fraction of sp³-hybridized carbons (Fsp3) is 0.243. The van der Waals surface area contributed by atoms with Gasteiger partial charge in [0.1, 0.15) is 16.8 Å². The van der Waals surface area contributed by atoms with Crippen molar-refractivity contribution >= 4 is 44.2 Å². The van der Waals surface area contributed by atoms with Crippen molar-refractivity contribution in [1.82, 2.24) is 19.8 Å². The summed E-state index contributed by atoms with van der Waals surface area (Å²) in [6.07, 6.45) is 7.24. The fourth-order valence-electron chi connectivity index (χ4n) is 7.08. The van der Waals surface area contributed by atoms with Gasteiger partial charge in [-0.3, -0.25) is 9.59 Å². The van der Waals surface area contributed by atoms with Crippen molar-refractivity contribution in [2.75, 3.05) is 32.0 Å². The molecule has 9 heteroatoms. The molecule has 0 radical (unpaired) electrons. The van der Waals surface area contributed by atoms with Gasteiger partial charge in [-0.15, -0.1) is 0 Å². The summed E-state index contributed by atoms with van der Waals surface area (Å²) in [6, 6.07) is 21.5. The van der Waals surface area contributed by atoms with Gasteiger partial charge in [0, 0.05) is 42.4 Å². The van der Waals surface area contributed by atoms with Crippen molar-refractivity contribution in [3.8, 4) is 17.2 Å². The number of nitrogens with zero attached hydrogens (tertiary/aromatic N) is 2. The Bertz CT molecular complexity index is 2220. The van der Waals surface area contributed by atoms with E-state index in [0.717, 1.165) is 53.0 Å². The molecule has 1 unspecified atom stereocenters. The van der Waals surface area contributed by atoms with E-state index in [4.69, 9.17) is 4.74 Å². The zero-order valence-electron chi connectivity index (χ0n) is 25.5. The summed E-state index contributed by atoms with van der Waals surface area (Å²) in [6.45, 7) is 1.94. The first-order valence-electron chi connectivity index (χ1n) is 15.9. The number of carbonyl (C=O) groups excluding carboxylic acids is 1. The second kappa shape index (κ2) is 11.3. The van der Waals surface area contributed by atoms with Crippen LogP contribution in [0.1, 0.15) is 35.2 Å². The molecule has 0 spiro atoms. The predicted octanol–water partition coefficient (Wildman–Crippen LogP) is 6.74. The molecule has 0 aliphatic carbocycles. The summed E-state index contributed by atoms with van der Waals surface area (Å²) in [5, 5.41) is 9.36. The van der Waals surface area contributed by atoms with Crippen molar-refractivity contribution in [1.29, 1.82) is 0 Å². The van der Waals surface area contributed by atoms with Crippen LogP contribution in [-0.2, 0) is 6.42 Å². The zero-order chi connectivity index (χ0) is 31.4. The summed E-state index contributed by atoms with van der Waals surface area (Å²) in [5.74, 6) is -0.341. The Morgan fingerprint density at radius 3 is 2.67 bits per heavy atom. The van der Waals surface area contributed by atoms with E-state index in [2.05, 4.69) is 33.6 Å². The number of aromatic amines is 1. The summed E-state index contributed by atoms with van der Waals surface area (Å²) < 4.78 is 24.2. The highest BCUT2D eigenvalue weighted by Crippen LogP contribution is 2.46. The van der Waals surface area contributed by atoms with Crippen molar-refractivity contribution in [3.63, 3.8) is 0 Å². The Morgan fingerprint density at radius 1 is 1.04 bits per heavy atom. The van der Waals surface area contributed by atoms with Gasteiger partial charge in [0.25, 0.3) is 5.91 Å². The number of hydrogen-bond donors (Lipinski definition) is 3. The lowest BCUT2D eigenvalue weighted by Gasteiger charge is -2.27. The Labute approximate surface area is 264 Å². The first kappa shape index (κ1) is 28.3. The van der Waals surface area contributed by atoms with Gasteiger partial charge in [0.2, 0.25) is 5.43 Å². The number of aromatic nitrogens is 2. The maximum absolute atomic E-state index is 16.0. The van der Waals surface area contributed by atoms with Gasteiger partial charge >= 0.3 is 0 Å². The lowest BCUT2D eigenvalue weighted by molar-refractivity contribution is 0.0949. The Morgan fingerprint density at radius 2 is 1.85 bits per heavy atom. The number of nitrogens with one attached hydrogen (secondary N) is 3. The van der Waals surface area contributed by atoms with E-state index in [0.29, 0.717) is 42.5 Å². The molecule has 46 heavy (non-hydrogen) atoms. The Hall–Kier alpha value is -5.15. The third-order valence-corrected chi connectivity index (χ3v) is 9.54. The third-order valence-electron chi connectivity index (χ3n) is 9.54. The first-order chi connectivity index (χ1) is 22.5. The van der Waals surface area contributed by atoms with Gasteiger partial charge in [-0.05, 0) is 79.9 Å². The maximum atomic E-state index is 16.0. The van der Waals surface area contributed by atoms with Crippen LogP contribution in [0, 0.1) is 5.82 Å². The molecule has 3 N–H and O–H groups in total. The highest BCUT2D eigenvalue weighted by Gasteiger charge is 2.29. The molecule has 2 aliphatic heterocycles. The second-order valence-electron chi connectivity index (χ2n) is 12.3. The highest BCUT2D eigenvalue weighted by molar-refractivity contribution is 6.02. The summed E-state index contributed by atoms with van der Waals surface area (Å²) in [5.41, 5.74) is 2.88. The number of rotatable bonds is 8. The van der Waals surface area contributed by atoms with E-state index in [-0.39, 0.29) is 22.4 Å². The number of H-pyrrole nitrogens is 1. The zero-order valence-corrected chi connectivity index (χ0v) is 25.5. The van der Waals surface area contributed by atoms with Gasteiger partial charge in [-0.25, -0.2) is 4.39 Å². The number of carbonyl (C=O) groups is 1. The number of hydrogen-bond acceptors (Lipinski definition) is 5. The molecule has 4 heterocycles. The standard InChI is InChI=1S/C37H34FN5O3/c1-42-16-6-9-25(42)13-15-40-37(45)28-21-43-31-17-22-7-2-3-8-23(22)18-32(31)46-36-33(29(38)19-27(34(36)43)35(28)44)39-14-12-24-20-41-30-11-5-4-10-26(24)30/h2-5,7-8,10-11,17-21,25,39,41H,6,9,12-16H2,1H3,(H,40,45). The highest BCUT2D eigenvalue weighted by atomic mass is 19.1. The molecule has 8 nitrogen and oxygen atoms in total. The van der Waals surface area contributed by atoms with Gasteiger partial charge in [-0.2, -0.15) is 0 Å². The van der Waals surface area contributed by atoms with E-state index < -0.39 is 17.2 Å². The van der Waals surface area contributed by atoms with E-state index in [1.54, 1.807) is 10.8 Å². The first-order valence-corrected chi connectivity index (χ1v) is 15.9. The number of halogens is 1. The van der Waals surface area contributed by atoms with Crippen molar-refractivity contribution in [2.24, 2.45) is 0 Å². The number of anilines is 1. The SMILES string of the molecule is CN1CCCC1CCNC(=O)c1cn2c3c(c(NCCc4c[nH]c5ccccc45)c(F)cc3c1=O)Oc1cc3ccccc3cc1-2. The van der Waals surface area contributed by atoms with Gasteiger partial charge in [-0.1, -0.05) is 42.5 Å². The minimum atomic E-state index is -0.615. The van der Waals surface area contributed by atoms with Crippen LogP contribution in [0.2, 0.25) is 0 Å². The van der Waals surface area contributed by atoms with Crippen LogP contribution in [0.15, 0.2) is 83.9 Å². The lowest BCUT2D eigenvalue weighted by atomic mass is 10.0. The van der Waals surface area contributed by atoms with Crippen LogP contribution in [-0.4, -0.2) is 53.1 Å². The Kier molecular flexibility index (Phi) is 6.98. The van der Waals surface area contributed by atoms with Gasteiger partial charge in [0.15, 0.2) is 17.3 Å². The molecule has 4 aromatic carbocycles. The van der Waals surface area contributed by atoms with Crippen LogP contribution in [0.25, 0.3) is 38.3 Å². The van der Waals surface area contributed by atoms with E-state index in [1.807, 2.05) is 60.8 Å². The second-order valence-corrected chi connectivity index (χ2v) is 12.3. The molecule has 1 fully saturated rings. The summed E-state index contributed by atoms with van der Waals surface area (Å²) in [4.78, 5) is 32.9. The number of benzene rings is 4. The number of likely N-dealkylation sites (tertiary alicyclic amines) is 1. The molecule has 8 rings (SSSR count). The predicted molar refractivity (Wildman–Crippen MR) is 180 cm³/mol. The van der Waals surface area contributed by atoms with Crippen LogP contribution >= 0.6 is 0 Å². The van der Waals surface area contributed by atoms with E-state index >= 15 is 4.39 Å². The van der Waals surface area contributed by atoms with E-state index in [9.17, 15) is 9.59 Å². The van der Waals surface area contributed by atoms with Gasteiger partial charge < -0.3 is 29.8 Å².